The molecule has 0 saturated heterocycles. The van der Waals surface area contributed by atoms with Gasteiger partial charge in [0.2, 0.25) is 11.8 Å². The van der Waals surface area contributed by atoms with Crippen LogP contribution < -0.4 is 0 Å². The van der Waals surface area contributed by atoms with E-state index in [-0.39, 0.29) is 18.6 Å². The lowest BCUT2D eigenvalue weighted by molar-refractivity contribution is -0.141. The molecule has 1 aromatic rings. The van der Waals surface area contributed by atoms with Crippen LogP contribution in [0.25, 0.3) is 0 Å². The van der Waals surface area contributed by atoms with Crippen molar-refractivity contribution in [3.8, 4) is 0 Å². The van der Waals surface area contributed by atoms with Crippen LogP contribution in [0.1, 0.15) is 38.1 Å². The van der Waals surface area contributed by atoms with Crippen LogP contribution in [0.2, 0.25) is 0 Å². The molecule has 2 rings (SSSR count). The Balaban J connectivity index is 1.90. The standard InChI is InChI=1S/C13H19N3O5/c1-4-20-7(2)11-14-10(21-15-11)6-16(3)12(17)8-5-9(8)13(18)19/h7-9H,4-6H2,1-3H3,(H,18,19)/t7-,8-,9+/m1/s1. The number of hydrogen-bond donors (Lipinski definition) is 1. The second-order valence-electron chi connectivity index (χ2n) is 5.13. The predicted octanol–water partition coefficient (Wildman–Crippen LogP) is 0.846. The second-order valence-corrected chi connectivity index (χ2v) is 5.13. The lowest BCUT2D eigenvalue weighted by atomic mass is 10.3. The molecular weight excluding hydrogens is 278 g/mol. The average Bonchev–Trinajstić information content (AvgIpc) is 3.11. The normalized spacial score (nSPS) is 21.9. The van der Waals surface area contributed by atoms with Crippen LogP contribution in [0, 0.1) is 11.8 Å². The highest BCUT2D eigenvalue weighted by atomic mass is 16.5. The minimum Gasteiger partial charge on any atom is -0.481 e. The fourth-order valence-corrected chi connectivity index (χ4v) is 2.13. The zero-order valence-electron chi connectivity index (χ0n) is 12.3. The molecule has 1 fully saturated rings. The summed E-state index contributed by atoms with van der Waals surface area (Å²) in [5, 5.41) is 12.6. The Morgan fingerprint density at radius 1 is 1.52 bits per heavy atom. The van der Waals surface area contributed by atoms with Crippen molar-refractivity contribution in [1.29, 1.82) is 0 Å². The smallest absolute Gasteiger partial charge is 0.307 e. The monoisotopic (exact) mass is 297 g/mol. The Kier molecular flexibility index (Phi) is 4.56. The molecule has 0 bridgehead atoms. The van der Waals surface area contributed by atoms with Gasteiger partial charge in [0, 0.05) is 13.7 Å². The van der Waals surface area contributed by atoms with Crippen molar-refractivity contribution in [2.75, 3.05) is 13.7 Å². The number of amides is 1. The SMILES string of the molecule is CCO[C@H](C)c1noc(CN(C)C(=O)[C@@H]2C[C@@H]2C(=O)O)n1. The Morgan fingerprint density at radius 2 is 2.24 bits per heavy atom. The number of aliphatic carboxylic acids is 1. The summed E-state index contributed by atoms with van der Waals surface area (Å²) in [5.74, 6) is -1.39. The third-order valence-corrected chi connectivity index (χ3v) is 3.44. The van der Waals surface area contributed by atoms with Crippen LogP contribution in [0.3, 0.4) is 0 Å². The summed E-state index contributed by atoms with van der Waals surface area (Å²) in [4.78, 5) is 28.4. The van der Waals surface area contributed by atoms with E-state index < -0.39 is 17.8 Å². The number of ether oxygens (including phenoxy) is 1. The van der Waals surface area contributed by atoms with E-state index in [1.165, 1.54) is 4.90 Å². The lowest BCUT2D eigenvalue weighted by Gasteiger charge is -2.14. The van der Waals surface area contributed by atoms with Gasteiger partial charge in [0.25, 0.3) is 0 Å². The zero-order valence-corrected chi connectivity index (χ0v) is 12.3. The number of carbonyl (C=O) groups is 2. The molecule has 1 saturated carbocycles. The Hall–Kier alpha value is -1.96. The summed E-state index contributed by atoms with van der Waals surface area (Å²) in [7, 11) is 1.59. The van der Waals surface area contributed by atoms with Crippen LogP contribution in [-0.4, -0.2) is 45.7 Å². The highest BCUT2D eigenvalue weighted by Gasteiger charge is 2.49. The number of aromatic nitrogens is 2. The van der Waals surface area contributed by atoms with Gasteiger partial charge in [-0.15, -0.1) is 0 Å². The topological polar surface area (TPSA) is 106 Å². The number of nitrogens with zero attached hydrogens (tertiary/aromatic N) is 3. The zero-order chi connectivity index (χ0) is 15.6. The summed E-state index contributed by atoms with van der Waals surface area (Å²) in [6.45, 7) is 4.39. The maximum atomic E-state index is 12.0. The van der Waals surface area contributed by atoms with E-state index in [1.807, 2.05) is 13.8 Å². The van der Waals surface area contributed by atoms with Gasteiger partial charge in [0.15, 0.2) is 5.82 Å². The van der Waals surface area contributed by atoms with Crippen molar-refractivity contribution in [2.24, 2.45) is 11.8 Å². The summed E-state index contributed by atoms with van der Waals surface area (Å²) in [6, 6.07) is 0. The van der Waals surface area contributed by atoms with Crippen molar-refractivity contribution in [2.45, 2.75) is 32.9 Å². The van der Waals surface area contributed by atoms with Gasteiger partial charge in [-0.3, -0.25) is 9.59 Å². The summed E-state index contributed by atoms with van der Waals surface area (Å²) < 4.78 is 10.4. The first-order chi connectivity index (χ1) is 9.93. The molecule has 0 unspecified atom stereocenters. The quantitative estimate of drug-likeness (QED) is 0.795. The van der Waals surface area contributed by atoms with E-state index in [0.29, 0.717) is 24.7 Å². The van der Waals surface area contributed by atoms with E-state index >= 15 is 0 Å². The summed E-state index contributed by atoms with van der Waals surface area (Å²) in [5.41, 5.74) is 0. The molecule has 8 nitrogen and oxygen atoms in total. The van der Waals surface area contributed by atoms with E-state index in [9.17, 15) is 9.59 Å². The number of rotatable bonds is 7. The molecule has 3 atom stereocenters. The molecule has 1 amide bonds. The van der Waals surface area contributed by atoms with Crippen molar-refractivity contribution in [3.05, 3.63) is 11.7 Å². The van der Waals surface area contributed by atoms with Crippen molar-refractivity contribution in [1.82, 2.24) is 15.0 Å². The molecule has 0 aliphatic heterocycles. The Bertz CT molecular complexity index is 530. The minimum absolute atomic E-state index is 0.160. The molecule has 1 aromatic heterocycles. The fraction of sp³-hybridized carbons (Fsp3) is 0.692. The van der Waals surface area contributed by atoms with Gasteiger partial charge in [-0.2, -0.15) is 4.98 Å². The first-order valence-corrected chi connectivity index (χ1v) is 6.85. The molecule has 8 heteroatoms. The van der Waals surface area contributed by atoms with Crippen molar-refractivity contribution >= 4 is 11.9 Å². The van der Waals surface area contributed by atoms with E-state index in [1.54, 1.807) is 7.05 Å². The predicted molar refractivity (Wildman–Crippen MR) is 70.0 cm³/mol. The summed E-state index contributed by atoms with van der Waals surface area (Å²) >= 11 is 0. The minimum atomic E-state index is -0.924. The molecule has 0 spiro atoms. The molecule has 1 aliphatic carbocycles. The molecule has 0 radical (unpaired) electrons. The van der Waals surface area contributed by atoms with Crippen LogP contribution in [0.5, 0.6) is 0 Å². The van der Waals surface area contributed by atoms with Gasteiger partial charge in [-0.05, 0) is 20.3 Å². The maximum absolute atomic E-state index is 12.0. The summed E-state index contributed by atoms with van der Waals surface area (Å²) in [6.07, 6.45) is 0.128. The van der Waals surface area contributed by atoms with Gasteiger partial charge in [0.1, 0.15) is 6.10 Å². The van der Waals surface area contributed by atoms with Gasteiger partial charge < -0.3 is 19.3 Å². The van der Waals surface area contributed by atoms with E-state index in [0.717, 1.165) is 0 Å². The van der Waals surface area contributed by atoms with Crippen LogP contribution in [0.15, 0.2) is 4.52 Å². The first kappa shape index (κ1) is 15.4. The molecule has 116 valence electrons. The Morgan fingerprint density at radius 3 is 2.81 bits per heavy atom. The largest absolute Gasteiger partial charge is 0.481 e. The number of carboxylic acids is 1. The molecule has 1 N–H and O–H groups in total. The highest BCUT2D eigenvalue weighted by Crippen LogP contribution is 2.40. The van der Waals surface area contributed by atoms with E-state index in [4.69, 9.17) is 14.4 Å². The van der Waals surface area contributed by atoms with Gasteiger partial charge in [0.05, 0.1) is 18.4 Å². The number of carboxylic acid groups (broad SMARTS) is 1. The third kappa shape index (κ3) is 3.57. The molecule has 0 aromatic carbocycles. The first-order valence-electron chi connectivity index (χ1n) is 6.85. The lowest BCUT2D eigenvalue weighted by Crippen LogP contribution is -2.29. The van der Waals surface area contributed by atoms with Crippen LogP contribution in [0.4, 0.5) is 0 Å². The average molecular weight is 297 g/mol. The fourth-order valence-electron chi connectivity index (χ4n) is 2.13. The van der Waals surface area contributed by atoms with Gasteiger partial charge in [-0.1, -0.05) is 5.16 Å². The van der Waals surface area contributed by atoms with E-state index in [2.05, 4.69) is 10.1 Å². The van der Waals surface area contributed by atoms with Gasteiger partial charge >= 0.3 is 5.97 Å². The molecule has 1 aliphatic rings. The molecular formula is C13H19N3O5. The van der Waals surface area contributed by atoms with Crippen LogP contribution in [-0.2, 0) is 20.9 Å². The molecule has 21 heavy (non-hydrogen) atoms. The highest BCUT2D eigenvalue weighted by molar-refractivity contribution is 5.89. The van der Waals surface area contributed by atoms with Crippen molar-refractivity contribution in [3.63, 3.8) is 0 Å². The van der Waals surface area contributed by atoms with Crippen LogP contribution >= 0.6 is 0 Å². The Labute approximate surface area is 122 Å². The van der Waals surface area contributed by atoms with Crippen molar-refractivity contribution < 1.29 is 24.0 Å². The molecule has 1 heterocycles. The number of carbonyl (C=O) groups excluding carboxylic acids is 1. The third-order valence-electron chi connectivity index (χ3n) is 3.44. The number of hydrogen-bond acceptors (Lipinski definition) is 6. The second kappa shape index (κ2) is 6.21. The van der Waals surface area contributed by atoms with Gasteiger partial charge in [-0.25, -0.2) is 0 Å². The maximum Gasteiger partial charge on any atom is 0.307 e.